The summed E-state index contributed by atoms with van der Waals surface area (Å²) in [6, 6.07) is 8.99. The van der Waals surface area contributed by atoms with Gasteiger partial charge in [-0.05, 0) is 50.1 Å². The van der Waals surface area contributed by atoms with Gasteiger partial charge in [-0.25, -0.2) is 4.79 Å². The number of carboxylic acid groups (broad SMARTS) is 1. The molecule has 0 atom stereocenters. The number of rotatable bonds is 6. The van der Waals surface area contributed by atoms with Crippen LogP contribution in [0.3, 0.4) is 0 Å². The van der Waals surface area contributed by atoms with E-state index in [1.54, 1.807) is 24.3 Å². The van der Waals surface area contributed by atoms with Crippen LogP contribution in [-0.2, 0) is 4.79 Å². The topological polar surface area (TPSA) is 93.5 Å². The van der Waals surface area contributed by atoms with Gasteiger partial charge in [-0.1, -0.05) is 19.3 Å². The summed E-state index contributed by atoms with van der Waals surface area (Å²) >= 11 is 1.48. The lowest BCUT2D eigenvalue weighted by Crippen LogP contribution is -2.14. The first-order valence-corrected chi connectivity index (χ1v) is 10.6. The quantitative estimate of drug-likeness (QED) is 0.615. The normalized spacial score (nSPS) is 14.8. The lowest BCUT2D eigenvalue weighted by atomic mass is 9.96. The Morgan fingerprint density at radius 2 is 1.97 bits per heavy atom. The molecule has 7 nitrogen and oxygen atoms in total. The molecule has 0 radical (unpaired) electrons. The molecule has 1 amide bonds. The molecule has 8 heteroatoms. The molecule has 2 heterocycles. The fourth-order valence-electron chi connectivity index (χ4n) is 3.73. The number of thiophene rings is 1. The van der Waals surface area contributed by atoms with E-state index < -0.39 is 12.6 Å². The number of aliphatic carboxylic acids is 1. The first kappa shape index (κ1) is 19.4. The van der Waals surface area contributed by atoms with Gasteiger partial charge in [0.25, 0.3) is 5.91 Å². The highest BCUT2D eigenvalue weighted by Crippen LogP contribution is 2.35. The summed E-state index contributed by atoms with van der Waals surface area (Å²) in [4.78, 5) is 25.0. The minimum absolute atomic E-state index is 0.167. The number of benzene rings is 1. The van der Waals surface area contributed by atoms with E-state index in [1.165, 1.54) is 30.6 Å². The van der Waals surface area contributed by atoms with Crippen LogP contribution in [-0.4, -0.2) is 33.4 Å². The van der Waals surface area contributed by atoms with Gasteiger partial charge in [0.05, 0.1) is 16.6 Å². The fraction of sp³-hybridized carbons (Fsp3) is 0.381. The van der Waals surface area contributed by atoms with Gasteiger partial charge in [-0.2, -0.15) is 5.10 Å². The molecule has 0 unspecified atom stereocenters. The molecule has 29 heavy (non-hydrogen) atoms. The van der Waals surface area contributed by atoms with Crippen LogP contribution in [0.4, 0.5) is 5.69 Å². The Balaban J connectivity index is 1.49. The molecule has 1 aromatic carbocycles. The van der Waals surface area contributed by atoms with Gasteiger partial charge in [0.2, 0.25) is 0 Å². The van der Waals surface area contributed by atoms with Gasteiger partial charge in [0.1, 0.15) is 10.6 Å². The first-order chi connectivity index (χ1) is 14.0. The van der Waals surface area contributed by atoms with E-state index in [-0.39, 0.29) is 5.91 Å². The number of fused-ring (bicyclic) bond motifs is 1. The minimum Gasteiger partial charge on any atom is -0.482 e. The molecule has 0 aliphatic heterocycles. The van der Waals surface area contributed by atoms with Crippen molar-refractivity contribution in [2.45, 2.75) is 45.1 Å². The van der Waals surface area contributed by atoms with E-state index in [9.17, 15) is 9.59 Å². The number of ether oxygens (including phenoxy) is 1. The van der Waals surface area contributed by atoms with Crippen molar-refractivity contribution in [3.05, 3.63) is 40.9 Å². The summed E-state index contributed by atoms with van der Waals surface area (Å²) in [5.74, 6) is -0.760. The zero-order chi connectivity index (χ0) is 20.4. The number of anilines is 1. The van der Waals surface area contributed by atoms with Gasteiger partial charge in [0, 0.05) is 11.1 Å². The molecular weight excluding hydrogens is 390 g/mol. The Morgan fingerprint density at radius 3 is 2.66 bits per heavy atom. The number of aryl methyl sites for hydroxylation is 1. The van der Waals surface area contributed by atoms with Crippen molar-refractivity contribution in [1.82, 2.24) is 9.78 Å². The summed E-state index contributed by atoms with van der Waals surface area (Å²) in [6.45, 7) is 1.59. The summed E-state index contributed by atoms with van der Waals surface area (Å²) in [7, 11) is 0. The second-order valence-electron chi connectivity index (χ2n) is 7.31. The van der Waals surface area contributed by atoms with Crippen LogP contribution in [0, 0.1) is 6.92 Å². The lowest BCUT2D eigenvalue weighted by molar-refractivity contribution is -0.139. The first-order valence-electron chi connectivity index (χ1n) is 9.76. The van der Waals surface area contributed by atoms with Gasteiger partial charge < -0.3 is 15.2 Å². The second-order valence-corrected chi connectivity index (χ2v) is 8.34. The number of carbonyl (C=O) groups excluding carboxylic acids is 1. The summed E-state index contributed by atoms with van der Waals surface area (Å²) < 4.78 is 7.23. The molecule has 0 spiro atoms. The predicted molar refractivity (Wildman–Crippen MR) is 112 cm³/mol. The molecule has 0 saturated heterocycles. The van der Waals surface area contributed by atoms with E-state index in [4.69, 9.17) is 14.9 Å². The van der Waals surface area contributed by atoms with Crippen LogP contribution in [0.5, 0.6) is 5.75 Å². The average Bonchev–Trinajstić information content (AvgIpc) is 3.29. The highest BCUT2D eigenvalue weighted by molar-refractivity contribution is 7.20. The van der Waals surface area contributed by atoms with Gasteiger partial charge >= 0.3 is 5.97 Å². The van der Waals surface area contributed by atoms with Crippen LogP contribution in [0.15, 0.2) is 30.3 Å². The third-order valence-corrected chi connectivity index (χ3v) is 6.31. The minimum atomic E-state index is -1.03. The van der Waals surface area contributed by atoms with E-state index in [0.29, 0.717) is 22.4 Å². The molecule has 2 aromatic heterocycles. The second kappa shape index (κ2) is 8.24. The monoisotopic (exact) mass is 413 g/mol. The molecule has 2 N–H and O–H groups in total. The Labute approximate surface area is 172 Å². The molecule has 1 saturated carbocycles. The highest BCUT2D eigenvalue weighted by Gasteiger charge is 2.22. The number of aromatic nitrogens is 2. The number of carboxylic acids is 1. The van der Waals surface area contributed by atoms with Crippen molar-refractivity contribution >= 4 is 39.1 Å². The van der Waals surface area contributed by atoms with Crippen molar-refractivity contribution in [2.24, 2.45) is 0 Å². The van der Waals surface area contributed by atoms with Crippen LogP contribution in [0.2, 0.25) is 0 Å². The number of carbonyl (C=O) groups is 2. The van der Waals surface area contributed by atoms with E-state index in [2.05, 4.69) is 10.00 Å². The zero-order valence-electron chi connectivity index (χ0n) is 16.2. The summed E-state index contributed by atoms with van der Waals surface area (Å²) in [5, 5.41) is 17.3. The predicted octanol–water partition coefficient (Wildman–Crippen LogP) is 4.63. The number of nitrogens with zero attached hydrogens (tertiary/aromatic N) is 2. The molecule has 3 aromatic rings. The van der Waals surface area contributed by atoms with Crippen molar-refractivity contribution in [3.8, 4) is 5.75 Å². The number of hydrogen-bond acceptors (Lipinski definition) is 5. The Hall–Kier alpha value is -2.87. The molecule has 1 aliphatic carbocycles. The van der Waals surface area contributed by atoms with Crippen LogP contribution in [0.1, 0.15) is 53.5 Å². The molecule has 1 aliphatic rings. The van der Waals surface area contributed by atoms with Crippen molar-refractivity contribution in [2.75, 3.05) is 11.9 Å². The summed E-state index contributed by atoms with van der Waals surface area (Å²) in [6.07, 6.45) is 6.04. The molecule has 4 rings (SSSR count). The van der Waals surface area contributed by atoms with Crippen molar-refractivity contribution in [1.29, 1.82) is 0 Å². The highest BCUT2D eigenvalue weighted by atomic mass is 32.1. The SMILES string of the molecule is Cc1nn(C2CCCCC2)c2sc(C(=O)Nc3ccc(OCC(=O)O)cc3)cc12. The van der Waals surface area contributed by atoms with Crippen LogP contribution >= 0.6 is 11.3 Å². The van der Waals surface area contributed by atoms with Gasteiger partial charge in [-0.3, -0.25) is 9.48 Å². The molecule has 152 valence electrons. The van der Waals surface area contributed by atoms with Crippen molar-refractivity contribution in [3.63, 3.8) is 0 Å². The Kier molecular flexibility index (Phi) is 5.53. The standard InChI is InChI=1S/C21H23N3O4S/c1-13-17-11-18(29-21(17)24(23-13)15-5-3-2-4-6-15)20(27)22-14-7-9-16(10-8-14)28-12-19(25)26/h7-11,15H,2-6,12H2,1H3,(H,22,27)(H,25,26). The largest absolute Gasteiger partial charge is 0.482 e. The van der Waals surface area contributed by atoms with Crippen LogP contribution in [0.25, 0.3) is 10.2 Å². The molecule has 0 bridgehead atoms. The summed E-state index contributed by atoms with van der Waals surface area (Å²) in [5.41, 5.74) is 1.58. The maximum Gasteiger partial charge on any atom is 0.341 e. The lowest BCUT2D eigenvalue weighted by Gasteiger charge is -2.22. The number of amides is 1. The number of hydrogen-bond donors (Lipinski definition) is 2. The van der Waals surface area contributed by atoms with E-state index in [0.717, 1.165) is 28.8 Å². The third kappa shape index (κ3) is 4.27. The van der Waals surface area contributed by atoms with E-state index >= 15 is 0 Å². The van der Waals surface area contributed by atoms with Crippen LogP contribution < -0.4 is 10.1 Å². The van der Waals surface area contributed by atoms with Crippen molar-refractivity contribution < 1.29 is 19.4 Å². The van der Waals surface area contributed by atoms with Gasteiger partial charge in [-0.15, -0.1) is 11.3 Å². The Bertz CT molecular complexity index is 1030. The Morgan fingerprint density at radius 1 is 1.24 bits per heavy atom. The maximum absolute atomic E-state index is 12.7. The fourth-order valence-corrected chi connectivity index (χ4v) is 4.86. The smallest absolute Gasteiger partial charge is 0.341 e. The third-order valence-electron chi connectivity index (χ3n) is 5.19. The van der Waals surface area contributed by atoms with E-state index in [1.807, 2.05) is 13.0 Å². The molecular formula is C21H23N3O4S. The average molecular weight is 413 g/mol. The zero-order valence-corrected chi connectivity index (χ0v) is 17.0. The molecule has 1 fully saturated rings. The van der Waals surface area contributed by atoms with Gasteiger partial charge in [0.15, 0.2) is 6.61 Å². The maximum atomic E-state index is 12.7. The number of nitrogens with one attached hydrogen (secondary N) is 1.